The fraction of sp³-hybridized carbons (Fsp3) is 0.500. The van der Waals surface area contributed by atoms with E-state index in [1.807, 2.05) is 18.2 Å². The van der Waals surface area contributed by atoms with Crippen molar-refractivity contribution in [2.24, 2.45) is 0 Å². The fourth-order valence-corrected chi connectivity index (χ4v) is 2.24. The highest BCUT2D eigenvalue weighted by atomic mass is 16.5. The molecule has 1 aromatic rings. The Bertz CT molecular complexity index is 461. The first-order valence-electron chi connectivity index (χ1n) is 6.89. The SMILES string of the molecule is C#CCOc1ccc(CNC[C@@H]2CCCO2)cc1OC. The molecule has 0 radical (unpaired) electrons. The van der Waals surface area contributed by atoms with Crippen LogP contribution in [-0.2, 0) is 11.3 Å². The Morgan fingerprint density at radius 1 is 1.45 bits per heavy atom. The predicted octanol–water partition coefficient (Wildman–Crippen LogP) is 1.98. The maximum absolute atomic E-state index is 5.57. The van der Waals surface area contributed by atoms with Crippen molar-refractivity contribution in [2.45, 2.75) is 25.5 Å². The number of ether oxygens (including phenoxy) is 3. The number of methoxy groups -OCH3 is 1. The van der Waals surface area contributed by atoms with Crippen LogP contribution >= 0.6 is 0 Å². The quantitative estimate of drug-likeness (QED) is 0.772. The number of hydrogen-bond acceptors (Lipinski definition) is 4. The van der Waals surface area contributed by atoms with E-state index >= 15 is 0 Å². The molecule has 0 spiro atoms. The molecule has 1 N–H and O–H groups in total. The highest BCUT2D eigenvalue weighted by molar-refractivity contribution is 5.43. The minimum atomic E-state index is 0.243. The van der Waals surface area contributed by atoms with E-state index in [9.17, 15) is 0 Å². The van der Waals surface area contributed by atoms with Crippen molar-refractivity contribution in [3.8, 4) is 23.8 Å². The van der Waals surface area contributed by atoms with Crippen molar-refractivity contribution in [3.05, 3.63) is 23.8 Å². The molecule has 1 saturated heterocycles. The van der Waals surface area contributed by atoms with Gasteiger partial charge in [-0.1, -0.05) is 12.0 Å². The monoisotopic (exact) mass is 275 g/mol. The van der Waals surface area contributed by atoms with Crippen molar-refractivity contribution in [3.63, 3.8) is 0 Å². The Morgan fingerprint density at radius 3 is 3.05 bits per heavy atom. The second kappa shape index (κ2) is 7.78. The lowest BCUT2D eigenvalue weighted by Crippen LogP contribution is -2.25. The zero-order valence-corrected chi connectivity index (χ0v) is 11.9. The molecule has 1 aliphatic heterocycles. The summed E-state index contributed by atoms with van der Waals surface area (Å²) in [6.45, 7) is 2.80. The van der Waals surface area contributed by atoms with E-state index in [4.69, 9.17) is 20.6 Å². The highest BCUT2D eigenvalue weighted by Gasteiger charge is 2.14. The molecule has 1 aromatic carbocycles. The lowest BCUT2D eigenvalue weighted by atomic mass is 10.2. The van der Waals surface area contributed by atoms with Gasteiger partial charge < -0.3 is 19.5 Å². The van der Waals surface area contributed by atoms with Crippen LogP contribution in [-0.4, -0.2) is 33.0 Å². The molecule has 1 heterocycles. The van der Waals surface area contributed by atoms with Crippen LogP contribution in [0.4, 0.5) is 0 Å². The van der Waals surface area contributed by atoms with Gasteiger partial charge >= 0.3 is 0 Å². The van der Waals surface area contributed by atoms with Crippen molar-refractivity contribution in [1.29, 1.82) is 0 Å². The normalized spacial score (nSPS) is 17.7. The Kier molecular flexibility index (Phi) is 5.72. The van der Waals surface area contributed by atoms with E-state index in [-0.39, 0.29) is 6.61 Å². The largest absolute Gasteiger partial charge is 0.493 e. The van der Waals surface area contributed by atoms with Gasteiger partial charge in [0.1, 0.15) is 6.61 Å². The van der Waals surface area contributed by atoms with E-state index in [0.717, 1.165) is 31.7 Å². The highest BCUT2D eigenvalue weighted by Crippen LogP contribution is 2.27. The zero-order valence-electron chi connectivity index (χ0n) is 11.9. The molecule has 1 aliphatic rings. The Morgan fingerprint density at radius 2 is 2.35 bits per heavy atom. The van der Waals surface area contributed by atoms with Gasteiger partial charge in [-0.3, -0.25) is 0 Å². The van der Waals surface area contributed by atoms with Gasteiger partial charge in [-0.2, -0.15) is 0 Å². The van der Waals surface area contributed by atoms with E-state index in [1.54, 1.807) is 7.11 Å². The zero-order chi connectivity index (χ0) is 14.2. The van der Waals surface area contributed by atoms with Crippen molar-refractivity contribution in [1.82, 2.24) is 5.32 Å². The van der Waals surface area contributed by atoms with Gasteiger partial charge in [0, 0.05) is 19.7 Å². The summed E-state index contributed by atoms with van der Waals surface area (Å²) in [5, 5.41) is 3.40. The number of nitrogens with one attached hydrogen (secondary N) is 1. The second-order valence-electron chi connectivity index (χ2n) is 4.74. The van der Waals surface area contributed by atoms with E-state index in [1.165, 1.54) is 6.42 Å². The summed E-state index contributed by atoms with van der Waals surface area (Å²) in [6.07, 6.45) is 7.86. The number of benzene rings is 1. The summed E-state index contributed by atoms with van der Waals surface area (Å²) in [7, 11) is 1.63. The molecule has 1 atom stereocenters. The van der Waals surface area contributed by atoms with Crippen molar-refractivity contribution >= 4 is 0 Å². The second-order valence-corrected chi connectivity index (χ2v) is 4.74. The number of rotatable bonds is 7. The van der Waals surface area contributed by atoms with Gasteiger partial charge in [0.25, 0.3) is 0 Å². The van der Waals surface area contributed by atoms with Crippen molar-refractivity contribution < 1.29 is 14.2 Å². The molecule has 4 nitrogen and oxygen atoms in total. The summed E-state index contributed by atoms with van der Waals surface area (Å²) in [4.78, 5) is 0. The first-order valence-corrected chi connectivity index (χ1v) is 6.89. The van der Waals surface area contributed by atoms with Gasteiger partial charge in [-0.05, 0) is 30.5 Å². The summed E-state index contributed by atoms with van der Waals surface area (Å²) < 4.78 is 16.3. The molecule has 0 saturated carbocycles. The maximum atomic E-state index is 5.57. The lowest BCUT2D eigenvalue weighted by molar-refractivity contribution is 0.110. The molecule has 0 bridgehead atoms. The minimum absolute atomic E-state index is 0.243. The first-order chi connectivity index (χ1) is 9.83. The third-order valence-corrected chi connectivity index (χ3v) is 3.26. The van der Waals surface area contributed by atoms with Gasteiger partial charge in [0.2, 0.25) is 0 Å². The van der Waals surface area contributed by atoms with Crippen LogP contribution in [0.1, 0.15) is 18.4 Å². The molecular weight excluding hydrogens is 254 g/mol. The third kappa shape index (κ3) is 4.16. The fourth-order valence-electron chi connectivity index (χ4n) is 2.24. The minimum Gasteiger partial charge on any atom is -0.493 e. The van der Waals surface area contributed by atoms with Crippen LogP contribution in [0.3, 0.4) is 0 Å². The average molecular weight is 275 g/mol. The van der Waals surface area contributed by atoms with Gasteiger partial charge in [0.15, 0.2) is 11.5 Å². The molecule has 108 valence electrons. The summed E-state index contributed by atoms with van der Waals surface area (Å²) in [5.74, 6) is 3.82. The Labute approximate surface area is 120 Å². The molecule has 0 unspecified atom stereocenters. The van der Waals surface area contributed by atoms with Crippen LogP contribution in [0.2, 0.25) is 0 Å². The smallest absolute Gasteiger partial charge is 0.162 e. The number of hydrogen-bond donors (Lipinski definition) is 1. The molecule has 0 amide bonds. The van der Waals surface area contributed by atoms with Gasteiger partial charge in [-0.15, -0.1) is 6.42 Å². The molecule has 20 heavy (non-hydrogen) atoms. The molecule has 1 fully saturated rings. The standard InChI is InChI=1S/C16H21NO3/c1-3-8-20-15-7-6-13(10-16(15)18-2)11-17-12-14-5-4-9-19-14/h1,6-7,10,14,17H,4-5,8-9,11-12H2,2H3/t14-/m0/s1. The van der Waals surface area contributed by atoms with Crippen LogP contribution in [0, 0.1) is 12.3 Å². The first kappa shape index (κ1) is 14.7. The maximum Gasteiger partial charge on any atom is 0.162 e. The van der Waals surface area contributed by atoms with E-state index in [0.29, 0.717) is 17.6 Å². The third-order valence-electron chi connectivity index (χ3n) is 3.26. The van der Waals surface area contributed by atoms with Gasteiger partial charge in [-0.25, -0.2) is 0 Å². The topological polar surface area (TPSA) is 39.7 Å². The molecular formula is C16H21NO3. The summed E-state index contributed by atoms with van der Waals surface area (Å²) in [6, 6.07) is 5.87. The Balaban J connectivity index is 1.86. The van der Waals surface area contributed by atoms with E-state index in [2.05, 4.69) is 11.2 Å². The van der Waals surface area contributed by atoms with Crippen LogP contribution < -0.4 is 14.8 Å². The summed E-state index contributed by atoms with van der Waals surface area (Å²) >= 11 is 0. The predicted molar refractivity (Wildman–Crippen MR) is 78.0 cm³/mol. The van der Waals surface area contributed by atoms with E-state index < -0.39 is 0 Å². The molecule has 0 aromatic heterocycles. The van der Waals surface area contributed by atoms with Crippen LogP contribution in [0.5, 0.6) is 11.5 Å². The van der Waals surface area contributed by atoms with Crippen molar-refractivity contribution in [2.75, 3.05) is 26.9 Å². The van der Waals surface area contributed by atoms with Gasteiger partial charge in [0.05, 0.1) is 13.2 Å². The summed E-state index contributed by atoms with van der Waals surface area (Å²) in [5.41, 5.74) is 1.15. The van der Waals surface area contributed by atoms with Crippen LogP contribution in [0.25, 0.3) is 0 Å². The number of terminal acetylenes is 1. The molecule has 4 heteroatoms. The average Bonchev–Trinajstić information content (AvgIpc) is 2.99. The molecule has 2 rings (SSSR count). The Hall–Kier alpha value is -1.70. The lowest BCUT2D eigenvalue weighted by Gasteiger charge is -2.13. The molecule has 0 aliphatic carbocycles. The van der Waals surface area contributed by atoms with Crippen LogP contribution in [0.15, 0.2) is 18.2 Å².